The number of carbonyl (C=O) groups is 1. The highest BCUT2D eigenvalue weighted by atomic mass is 32.2. The summed E-state index contributed by atoms with van der Waals surface area (Å²) in [5.74, 6) is 1.12. The number of ether oxygens (including phenoxy) is 1. The Hall–Kier alpha value is -3.28. The number of carbonyl (C=O) groups excluding carboxylic acids is 1. The van der Waals surface area contributed by atoms with Gasteiger partial charge in [0.15, 0.2) is 12.4 Å². The van der Waals surface area contributed by atoms with Crippen LogP contribution >= 0.6 is 23.1 Å². The third-order valence-corrected chi connectivity index (χ3v) is 6.42. The van der Waals surface area contributed by atoms with Crippen LogP contribution in [0.5, 0.6) is 5.75 Å². The normalized spacial score (nSPS) is 10.7. The van der Waals surface area contributed by atoms with Crippen LogP contribution in [0.4, 0.5) is 5.69 Å². The van der Waals surface area contributed by atoms with Crippen molar-refractivity contribution in [3.8, 4) is 11.8 Å². The maximum absolute atomic E-state index is 13.0. The molecule has 0 aliphatic rings. The molecule has 0 bridgehead atoms. The number of benzene rings is 2. The maximum Gasteiger partial charge on any atom is 0.291 e. The number of aromatic nitrogens is 1. The average molecular weight is 436 g/mol. The van der Waals surface area contributed by atoms with Gasteiger partial charge >= 0.3 is 0 Å². The second-order valence-corrected chi connectivity index (χ2v) is 8.46. The Morgan fingerprint density at radius 1 is 1.27 bits per heavy atom. The summed E-state index contributed by atoms with van der Waals surface area (Å²) >= 11 is 3.18. The van der Waals surface area contributed by atoms with Gasteiger partial charge in [-0.15, -0.1) is 11.3 Å². The molecule has 1 amide bonds. The number of para-hydroxylation sites is 1. The van der Waals surface area contributed by atoms with Gasteiger partial charge in [0, 0.05) is 33.5 Å². The second kappa shape index (κ2) is 9.03. The molecule has 0 aliphatic carbocycles. The Morgan fingerprint density at radius 3 is 2.80 bits per heavy atom. The predicted octanol–water partition coefficient (Wildman–Crippen LogP) is 5.64. The summed E-state index contributed by atoms with van der Waals surface area (Å²) in [6.45, 7) is 1.94. The first-order valence-electron chi connectivity index (χ1n) is 9.10. The lowest BCUT2D eigenvalue weighted by molar-refractivity contribution is 0.0998. The standard InChI is InChI=1S/C22H17N3O3S2/c1-14-12-29-22(24-14)30-13-18-17-4-2-3-5-19(17)28-20(18)21(26)25-15-6-8-16(9-7-15)27-11-10-23/h2-9,12H,11,13H2,1H3,(H,25,26). The number of rotatable bonds is 7. The van der Waals surface area contributed by atoms with Crippen LogP contribution in [0.2, 0.25) is 0 Å². The topological polar surface area (TPSA) is 88.1 Å². The third kappa shape index (κ3) is 4.48. The van der Waals surface area contributed by atoms with Crippen LogP contribution in [0.1, 0.15) is 21.8 Å². The van der Waals surface area contributed by atoms with E-state index >= 15 is 0 Å². The van der Waals surface area contributed by atoms with Gasteiger partial charge < -0.3 is 14.5 Å². The molecule has 0 radical (unpaired) electrons. The van der Waals surface area contributed by atoms with Gasteiger partial charge in [0.2, 0.25) is 0 Å². The predicted molar refractivity (Wildman–Crippen MR) is 118 cm³/mol. The van der Waals surface area contributed by atoms with E-state index < -0.39 is 0 Å². The van der Waals surface area contributed by atoms with Crippen molar-refractivity contribution in [2.24, 2.45) is 0 Å². The summed E-state index contributed by atoms with van der Waals surface area (Å²) in [7, 11) is 0. The molecular weight excluding hydrogens is 418 g/mol. The molecule has 150 valence electrons. The number of hydrogen-bond donors (Lipinski definition) is 1. The minimum atomic E-state index is -0.317. The number of fused-ring (bicyclic) bond motifs is 1. The minimum Gasteiger partial charge on any atom is -0.479 e. The summed E-state index contributed by atoms with van der Waals surface area (Å²) in [5.41, 5.74) is 3.11. The number of furan rings is 1. The van der Waals surface area contributed by atoms with Gasteiger partial charge in [-0.3, -0.25) is 4.79 Å². The summed E-state index contributed by atoms with van der Waals surface area (Å²) in [5, 5.41) is 14.4. The van der Waals surface area contributed by atoms with Crippen LogP contribution in [0.3, 0.4) is 0 Å². The van der Waals surface area contributed by atoms with E-state index in [0.29, 0.717) is 28.5 Å². The zero-order chi connectivity index (χ0) is 20.9. The van der Waals surface area contributed by atoms with Gasteiger partial charge in [-0.25, -0.2) is 4.98 Å². The van der Waals surface area contributed by atoms with Crippen molar-refractivity contribution in [2.45, 2.75) is 17.0 Å². The van der Waals surface area contributed by atoms with E-state index in [4.69, 9.17) is 14.4 Å². The smallest absolute Gasteiger partial charge is 0.291 e. The van der Waals surface area contributed by atoms with Gasteiger partial charge in [0.25, 0.3) is 5.91 Å². The van der Waals surface area contributed by atoms with Crippen LogP contribution in [-0.2, 0) is 5.75 Å². The number of thiazole rings is 1. The number of nitrogens with one attached hydrogen (secondary N) is 1. The van der Waals surface area contributed by atoms with E-state index in [2.05, 4.69) is 10.3 Å². The van der Waals surface area contributed by atoms with Crippen molar-refractivity contribution in [3.05, 3.63) is 70.9 Å². The first-order valence-corrected chi connectivity index (χ1v) is 11.0. The average Bonchev–Trinajstić information content (AvgIpc) is 3.35. The van der Waals surface area contributed by atoms with E-state index in [-0.39, 0.29) is 12.5 Å². The third-order valence-electron chi connectivity index (χ3n) is 4.26. The first kappa shape index (κ1) is 20.0. The van der Waals surface area contributed by atoms with Crippen LogP contribution in [0.15, 0.2) is 62.7 Å². The molecule has 0 saturated carbocycles. The molecule has 6 nitrogen and oxygen atoms in total. The highest BCUT2D eigenvalue weighted by molar-refractivity contribution is 8.00. The number of nitriles is 1. The molecule has 0 spiro atoms. The fourth-order valence-corrected chi connectivity index (χ4v) is 4.77. The Balaban J connectivity index is 1.56. The molecule has 0 atom stereocenters. The Labute approximate surface area is 181 Å². The molecule has 1 N–H and O–H groups in total. The van der Waals surface area contributed by atoms with E-state index in [1.54, 1.807) is 47.4 Å². The van der Waals surface area contributed by atoms with Crippen molar-refractivity contribution in [2.75, 3.05) is 11.9 Å². The van der Waals surface area contributed by atoms with Crippen molar-refractivity contribution in [1.29, 1.82) is 5.26 Å². The highest BCUT2D eigenvalue weighted by Gasteiger charge is 2.21. The SMILES string of the molecule is Cc1csc(SCc2c(C(=O)Nc3ccc(OCC#N)cc3)oc3ccccc23)n1. The lowest BCUT2D eigenvalue weighted by Crippen LogP contribution is -2.12. The largest absolute Gasteiger partial charge is 0.479 e. The number of thioether (sulfide) groups is 1. The molecule has 2 aromatic carbocycles. The number of amides is 1. The number of anilines is 1. The molecule has 0 saturated heterocycles. The zero-order valence-corrected chi connectivity index (χ0v) is 17.7. The van der Waals surface area contributed by atoms with E-state index in [1.807, 2.05) is 42.6 Å². The zero-order valence-electron chi connectivity index (χ0n) is 16.0. The molecule has 8 heteroatoms. The lowest BCUT2D eigenvalue weighted by atomic mass is 10.1. The summed E-state index contributed by atoms with van der Waals surface area (Å²) < 4.78 is 12.1. The van der Waals surface area contributed by atoms with Crippen molar-refractivity contribution < 1.29 is 13.9 Å². The minimum absolute atomic E-state index is 0.0235. The van der Waals surface area contributed by atoms with Crippen molar-refractivity contribution >= 4 is 45.7 Å². The van der Waals surface area contributed by atoms with Gasteiger partial charge in [-0.1, -0.05) is 30.0 Å². The monoisotopic (exact) mass is 435 g/mol. The molecule has 0 fully saturated rings. The lowest BCUT2D eigenvalue weighted by Gasteiger charge is -2.07. The second-order valence-electron chi connectivity index (χ2n) is 6.37. The Bertz CT molecular complexity index is 1220. The Kier molecular flexibility index (Phi) is 6.02. The van der Waals surface area contributed by atoms with Crippen LogP contribution < -0.4 is 10.1 Å². The van der Waals surface area contributed by atoms with Crippen molar-refractivity contribution in [1.82, 2.24) is 4.98 Å². The number of hydrogen-bond acceptors (Lipinski definition) is 7. The van der Waals surface area contributed by atoms with Crippen molar-refractivity contribution in [3.63, 3.8) is 0 Å². The highest BCUT2D eigenvalue weighted by Crippen LogP contribution is 2.33. The van der Waals surface area contributed by atoms with Crippen LogP contribution in [0, 0.1) is 18.3 Å². The van der Waals surface area contributed by atoms with Gasteiger partial charge in [0.05, 0.1) is 0 Å². The summed E-state index contributed by atoms with van der Waals surface area (Å²) in [6, 6.07) is 16.4. The van der Waals surface area contributed by atoms with E-state index in [0.717, 1.165) is 21.0 Å². The maximum atomic E-state index is 13.0. The van der Waals surface area contributed by atoms with E-state index in [9.17, 15) is 4.79 Å². The molecule has 4 rings (SSSR count). The Morgan fingerprint density at radius 2 is 2.07 bits per heavy atom. The molecule has 4 aromatic rings. The van der Waals surface area contributed by atoms with Gasteiger partial charge in [-0.05, 0) is 37.3 Å². The summed E-state index contributed by atoms with van der Waals surface area (Å²) in [6.07, 6.45) is 0. The summed E-state index contributed by atoms with van der Waals surface area (Å²) in [4.78, 5) is 17.5. The fraction of sp³-hybridized carbons (Fsp3) is 0.136. The molecule has 2 heterocycles. The fourth-order valence-electron chi connectivity index (χ4n) is 2.90. The van der Waals surface area contributed by atoms with Gasteiger partial charge in [-0.2, -0.15) is 5.26 Å². The quantitative estimate of drug-likeness (QED) is 0.378. The molecule has 0 aliphatic heterocycles. The molecule has 2 aromatic heterocycles. The van der Waals surface area contributed by atoms with Crippen LogP contribution in [-0.4, -0.2) is 17.5 Å². The first-order chi connectivity index (χ1) is 14.6. The molecule has 30 heavy (non-hydrogen) atoms. The number of aryl methyl sites for hydroxylation is 1. The molecule has 0 unspecified atom stereocenters. The van der Waals surface area contributed by atoms with Crippen LogP contribution in [0.25, 0.3) is 11.0 Å². The van der Waals surface area contributed by atoms with E-state index in [1.165, 1.54) is 0 Å². The number of nitrogens with zero attached hydrogens (tertiary/aromatic N) is 2. The van der Waals surface area contributed by atoms with Gasteiger partial charge in [0.1, 0.15) is 21.7 Å². The molecular formula is C22H17N3O3S2.